The smallest absolute Gasteiger partial charge is 0.481 e. The molecule has 0 aliphatic heterocycles. The second kappa shape index (κ2) is 6.69. The molecule has 0 aliphatic carbocycles. The first-order valence-electron chi connectivity index (χ1n) is 6.05. The number of hydrogen-bond acceptors (Lipinski definition) is 6. The summed E-state index contributed by atoms with van der Waals surface area (Å²) in [5.74, 6) is -0.891. The van der Waals surface area contributed by atoms with E-state index in [4.69, 9.17) is 14.6 Å². The van der Waals surface area contributed by atoms with Crippen LogP contribution in [0.2, 0.25) is 0 Å². The Kier molecular flexibility index (Phi) is 5.23. The van der Waals surface area contributed by atoms with Crippen LogP contribution >= 0.6 is 0 Å². The number of non-ortho nitro benzene ring substituents is 1. The predicted octanol–water partition coefficient (Wildman–Crippen LogP) is 2.61. The van der Waals surface area contributed by atoms with Crippen LogP contribution in [0.4, 0.5) is 10.5 Å². The molecule has 1 N–H and O–H groups in total. The third kappa shape index (κ3) is 5.09. The molecule has 0 heterocycles. The van der Waals surface area contributed by atoms with Crippen LogP contribution in [0.1, 0.15) is 20.3 Å². The van der Waals surface area contributed by atoms with Gasteiger partial charge in [-0.1, -0.05) is 0 Å². The highest BCUT2D eigenvalue weighted by Crippen LogP contribution is 2.21. The quantitative estimate of drug-likeness (QED) is 0.371. The number of nitro groups is 1. The van der Waals surface area contributed by atoms with E-state index in [0.29, 0.717) is 0 Å². The molecule has 0 unspecified atom stereocenters. The van der Waals surface area contributed by atoms with Gasteiger partial charge in [0.25, 0.3) is 5.69 Å². The molecule has 1 aromatic rings. The highest BCUT2D eigenvalue weighted by Gasteiger charge is 2.27. The van der Waals surface area contributed by atoms with Gasteiger partial charge in [0, 0.05) is 12.1 Å². The average molecular weight is 297 g/mol. The van der Waals surface area contributed by atoms with Gasteiger partial charge in [-0.15, -0.1) is 0 Å². The van der Waals surface area contributed by atoms with Gasteiger partial charge in [0.1, 0.15) is 5.75 Å². The van der Waals surface area contributed by atoms with Crippen molar-refractivity contribution in [1.82, 2.24) is 0 Å². The van der Waals surface area contributed by atoms with Crippen molar-refractivity contribution in [2.75, 3.05) is 6.61 Å². The molecule has 8 heteroatoms. The molecular formula is C13H15NO7. The Morgan fingerprint density at radius 3 is 2.33 bits per heavy atom. The number of carbonyl (C=O) groups excluding carboxylic acids is 1. The van der Waals surface area contributed by atoms with Gasteiger partial charge in [-0.05, 0) is 32.4 Å². The molecule has 21 heavy (non-hydrogen) atoms. The molecule has 114 valence electrons. The van der Waals surface area contributed by atoms with Crippen molar-refractivity contribution >= 4 is 17.8 Å². The molecule has 8 nitrogen and oxygen atoms in total. The molecule has 0 saturated heterocycles. The van der Waals surface area contributed by atoms with Crippen LogP contribution in [0.25, 0.3) is 0 Å². The lowest BCUT2D eigenvalue weighted by atomic mass is 9.90. The highest BCUT2D eigenvalue weighted by molar-refractivity contribution is 5.73. The van der Waals surface area contributed by atoms with Crippen molar-refractivity contribution in [1.29, 1.82) is 0 Å². The maximum Gasteiger partial charge on any atom is 0.513 e. The Morgan fingerprint density at radius 2 is 1.86 bits per heavy atom. The fourth-order valence-electron chi connectivity index (χ4n) is 1.26. The van der Waals surface area contributed by atoms with E-state index < -0.39 is 22.5 Å². The Bertz CT molecular complexity index is 536. The number of aliphatic carboxylic acids is 1. The van der Waals surface area contributed by atoms with Gasteiger partial charge < -0.3 is 14.6 Å². The van der Waals surface area contributed by atoms with E-state index in [1.807, 2.05) is 0 Å². The molecule has 0 amide bonds. The summed E-state index contributed by atoms with van der Waals surface area (Å²) in [5, 5.41) is 19.3. The van der Waals surface area contributed by atoms with Crippen LogP contribution in [0.15, 0.2) is 24.3 Å². The average Bonchev–Trinajstić information content (AvgIpc) is 2.38. The van der Waals surface area contributed by atoms with Gasteiger partial charge >= 0.3 is 12.1 Å². The minimum absolute atomic E-state index is 0.100. The van der Waals surface area contributed by atoms with Crippen LogP contribution in [0.5, 0.6) is 5.75 Å². The van der Waals surface area contributed by atoms with Crippen LogP contribution in [-0.2, 0) is 9.53 Å². The number of carbonyl (C=O) groups is 2. The normalized spacial score (nSPS) is 10.8. The molecule has 1 aromatic carbocycles. The summed E-state index contributed by atoms with van der Waals surface area (Å²) in [6, 6.07) is 4.91. The third-order valence-electron chi connectivity index (χ3n) is 2.77. The zero-order valence-corrected chi connectivity index (χ0v) is 11.6. The molecule has 0 saturated carbocycles. The van der Waals surface area contributed by atoms with E-state index >= 15 is 0 Å². The summed E-state index contributed by atoms with van der Waals surface area (Å²) < 4.78 is 9.54. The van der Waals surface area contributed by atoms with E-state index in [0.717, 1.165) is 0 Å². The van der Waals surface area contributed by atoms with Crippen molar-refractivity contribution in [2.24, 2.45) is 5.41 Å². The first kappa shape index (κ1) is 16.4. The van der Waals surface area contributed by atoms with Crippen LogP contribution in [-0.4, -0.2) is 28.8 Å². The fraction of sp³-hybridized carbons (Fsp3) is 0.385. The lowest BCUT2D eigenvalue weighted by Gasteiger charge is -2.18. The summed E-state index contributed by atoms with van der Waals surface area (Å²) >= 11 is 0. The van der Waals surface area contributed by atoms with Crippen LogP contribution in [0, 0.1) is 15.5 Å². The van der Waals surface area contributed by atoms with Gasteiger partial charge in [-0.25, -0.2) is 4.79 Å². The summed E-state index contributed by atoms with van der Waals surface area (Å²) in [4.78, 5) is 32.1. The summed E-state index contributed by atoms with van der Waals surface area (Å²) in [6.45, 7) is 2.92. The van der Waals surface area contributed by atoms with Gasteiger partial charge in [0.15, 0.2) is 0 Å². The number of carboxylic acids is 1. The van der Waals surface area contributed by atoms with Crippen molar-refractivity contribution in [2.45, 2.75) is 20.3 Å². The number of ether oxygens (including phenoxy) is 2. The van der Waals surface area contributed by atoms with E-state index in [-0.39, 0.29) is 24.5 Å². The largest absolute Gasteiger partial charge is 0.513 e. The first-order valence-corrected chi connectivity index (χ1v) is 6.05. The van der Waals surface area contributed by atoms with Crippen molar-refractivity contribution in [3.8, 4) is 5.75 Å². The molecule has 0 bridgehead atoms. The molecule has 0 atom stereocenters. The molecule has 0 aromatic heterocycles. The number of nitro benzene ring substituents is 1. The lowest BCUT2D eigenvalue weighted by Crippen LogP contribution is -2.26. The van der Waals surface area contributed by atoms with E-state index in [1.54, 1.807) is 0 Å². The number of benzene rings is 1. The van der Waals surface area contributed by atoms with Crippen molar-refractivity contribution < 1.29 is 29.1 Å². The standard InChI is InChI=1S/C13H15NO7/c1-13(2,11(15)16)7-8-20-12(17)21-10-5-3-9(4-6-10)14(18)19/h3-6H,7-8H2,1-2H3,(H,15,16). The second-order valence-corrected chi connectivity index (χ2v) is 4.89. The fourth-order valence-corrected chi connectivity index (χ4v) is 1.26. The maximum atomic E-state index is 11.4. The SMILES string of the molecule is CC(C)(CCOC(=O)Oc1ccc([N+](=O)[O-])cc1)C(=O)O. The molecule has 0 radical (unpaired) electrons. The Hall–Kier alpha value is -2.64. The lowest BCUT2D eigenvalue weighted by molar-refractivity contribution is -0.384. The minimum Gasteiger partial charge on any atom is -0.481 e. The Balaban J connectivity index is 2.44. The molecule has 0 spiro atoms. The van der Waals surface area contributed by atoms with E-state index in [9.17, 15) is 19.7 Å². The van der Waals surface area contributed by atoms with Gasteiger partial charge in [0.05, 0.1) is 16.9 Å². The monoisotopic (exact) mass is 297 g/mol. The second-order valence-electron chi connectivity index (χ2n) is 4.89. The summed E-state index contributed by atoms with van der Waals surface area (Å²) in [7, 11) is 0. The van der Waals surface area contributed by atoms with Gasteiger partial charge in [-0.2, -0.15) is 0 Å². The van der Waals surface area contributed by atoms with Gasteiger partial charge in [0.2, 0.25) is 0 Å². The molecule has 0 fully saturated rings. The van der Waals surface area contributed by atoms with Crippen molar-refractivity contribution in [3.05, 3.63) is 34.4 Å². The van der Waals surface area contributed by atoms with E-state index in [1.165, 1.54) is 38.1 Å². The predicted molar refractivity (Wildman–Crippen MR) is 71.1 cm³/mol. The third-order valence-corrected chi connectivity index (χ3v) is 2.77. The summed E-state index contributed by atoms with van der Waals surface area (Å²) in [5.41, 5.74) is -1.13. The minimum atomic E-state index is -1.01. The number of rotatable bonds is 6. The summed E-state index contributed by atoms with van der Waals surface area (Å²) in [6.07, 6.45) is -0.859. The highest BCUT2D eigenvalue weighted by atomic mass is 16.7. The van der Waals surface area contributed by atoms with E-state index in [2.05, 4.69) is 0 Å². The maximum absolute atomic E-state index is 11.4. The molecule has 0 aliphatic rings. The molecule has 1 rings (SSSR count). The van der Waals surface area contributed by atoms with Crippen LogP contribution < -0.4 is 4.74 Å². The topological polar surface area (TPSA) is 116 Å². The zero-order valence-electron chi connectivity index (χ0n) is 11.6. The van der Waals surface area contributed by atoms with Gasteiger partial charge in [-0.3, -0.25) is 14.9 Å². The number of nitrogens with zero attached hydrogens (tertiary/aromatic N) is 1. The Morgan fingerprint density at radius 1 is 1.29 bits per heavy atom. The van der Waals surface area contributed by atoms with Crippen molar-refractivity contribution in [3.63, 3.8) is 0 Å². The molecular weight excluding hydrogens is 282 g/mol. The Labute approximate surface area is 120 Å². The zero-order chi connectivity index (χ0) is 16.0. The first-order chi connectivity index (χ1) is 9.72. The van der Waals surface area contributed by atoms with Crippen LogP contribution in [0.3, 0.4) is 0 Å². The number of carboxylic acid groups (broad SMARTS) is 1. The number of hydrogen-bond donors (Lipinski definition) is 1.